The lowest BCUT2D eigenvalue weighted by Crippen LogP contribution is -2.39. The van der Waals surface area contributed by atoms with E-state index >= 15 is 0 Å². The van der Waals surface area contributed by atoms with Crippen LogP contribution in [0, 0.1) is 17.1 Å². The van der Waals surface area contributed by atoms with E-state index in [-0.39, 0.29) is 17.9 Å². The molecule has 1 heterocycles. The van der Waals surface area contributed by atoms with Crippen molar-refractivity contribution in [3.05, 3.63) is 47.4 Å². The van der Waals surface area contributed by atoms with Gasteiger partial charge in [0.1, 0.15) is 11.9 Å². The maximum Gasteiger partial charge on any atom is 0.172 e. The first kappa shape index (κ1) is 11.3. The van der Waals surface area contributed by atoms with Crippen LogP contribution in [-0.2, 0) is 11.3 Å². The van der Waals surface area contributed by atoms with Crippen molar-refractivity contribution in [1.29, 1.82) is 5.26 Å². The number of rotatable bonds is 2. The minimum Gasteiger partial charge on any atom is -0.311 e. The summed E-state index contributed by atoms with van der Waals surface area (Å²) in [6.45, 7) is 0.724. The Morgan fingerprint density at radius 1 is 1.53 bits per heavy atom. The van der Waals surface area contributed by atoms with E-state index in [2.05, 4.69) is 5.43 Å². The van der Waals surface area contributed by atoms with Gasteiger partial charge in [0, 0.05) is 6.20 Å². The lowest BCUT2D eigenvalue weighted by atomic mass is 10.1. The summed E-state index contributed by atoms with van der Waals surface area (Å²) < 4.78 is 13.1. The van der Waals surface area contributed by atoms with Crippen LogP contribution >= 0.6 is 0 Å². The fourth-order valence-corrected chi connectivity index (χ4v) is 1.53. The van der Waals surface area contributed by atoms with Crippen molar-refractivity contribution >= 4 is 5.78 Å². The summed E-state index contributed by atoms with van der Waals surface area (Å²) in [5, 5.41) is 10.4. The van der Waals surface area contributed by atoms with Crippen LogP contribution in [0.4, 0.5) is 4.39 Å². The maximum atomic E-state index is 13.1. The van der Waals surface area contributed by atoms with Gasteiger partial charge in [-0.05, 0) is 23.8 Å². The van der Waals surface area contributed by atoms with Crippen LogP contribution in [0.25, 0.3) is 0 Å². The van der Waals surface area contributed by atoms with E-state index < -0.39 is 5.82 Å². The number of hydrogen-bond donors (Lipinski definition) is 1. The molecule has 0 atom stereocenters. The Labute approximate surface area is 97.9 Å². The Bertz CT molecular complexity index is 519. The van der Waals surface area contributed by atoms with Crippen LogP contribution in [0.5, 0.6) is 0 Å². The number of carbonyl (C=O) groups excluding carboxylic acids is 1. The molecule has 0 spiro atoms. The summed E-state index contributed by atoms with van der Waals surface area (Å²) in [4.78, 5) is 10.9. The summed E-state index contributed by atoms with van der Waals surface area (Å²) in [7, 11) is 0. The van der Waals surface area contributed by atoms with Crippen molar-refractivity contribution < 1.29 is 9.18 Å². The minimum atomic E-state index is -0.520. The molecular formula is C12H10FN3O. The molecule has 0 saturated carbocycles. The molecular weight excluding hydrogens is 221 g/mol. The van der Waals surface area contributed by atoms with Gasteiger partial charge in [-0.25, -0.2) is 9.82 Å². The van der Waals surface area contributed by atoms with Crippen LogP contribution < -0.4 is 5.43 Å². The van der Waals surface area contributed by atoms with Gasteiger partial charge >= 0.3 is 0 Å². The Morgan fingerprint density at radius 3 is 3.00 bits per heavy atom. The lowest BCUT2D eigenvalue weighted by molar-refractivity contribution is -0.115. The number of nitrogens with one attached hydrogen (secondary N) is 1. The van der Waals surface area contributed by atoms with Crippen LogP contribution in [0.15, 0.2) is 30.5 Å². The highest BCUT2D eigenvalue weighted by atomic mass is 19.1. The number of nitriles is 1. The molecule has 1 aliphatic heterocycles. The normalized spacial score (nSPS) is 14.8. The standard InChI is InChI=1S/C12H10FN3O/c13-12-2-1-9(5-10(12)6-14)8-16-4-3-11(17)7-15-16/h1-5,15H,7-8H2. The molecule has 86 valence electrons. The average Bonchev–Trinajstić information content (AvgIpc) is 2.34. The number of nitrogens with zero attached hydrogens (tertiary/aromatic N) is 2. The van der Waals surface area contributed by atoms with Crippen molar-refractivity contribution in [2.45, 2.75) is 6.54 Å². The van der Waals surface area contributed by atoms with Crippen molar-refractivity contribution in [2.75, 3.05) is 6.54 Å². The quantitative estimate of drug-likeness (QED) is 0.828. The molecule has 0 fully saturated rings. The monoisotopic (exact) mass is 231 g/mol. The first-order valence-electron chi connectivity index (χ1n) is 5.09. The topological polar surface area (TPSA) is 56.1 Å². The molecule has 4 nitrogen and oxygen atoms in total. The Hall–Kier alpha value is -2.19. The first-order valence-corrected chi connectivity index (χ1v) is 5.09. The maximum absolute atomic E-state index is 13.1. The molecule has 0 unspecified atom stereocenters. The molecule has 0 saturated heterocycles. The highest BCUT2D eigenvalue weighted by Gasteiger charge is 2.10. The minimum absolute atomic E-state index is 0.0121. The number of ketones is 1. The van der Waals surface area contributed by atoms with Crippen molar-refractivity contribution in [3.63, 3.8) is 0 Å². The molecule has 17 heavy (non-hydrogen) atoms. The number of benzene rings is 1. The zero-order chi connectivity index (χ0) is 12.3. The predicted octanol–water partition coefficient (Wildman–Crippen LogP) is 1.10. The molecule has 2 rings (SSSR count). The molecule has 0 radical (unpaired) electrons. The third kappa shape index (κ3) is 2.68. The lowest BCUT2D eigenvalue weighted by Gasteiger charge is -2.23. The summed E-state index contributed by atoms with van der Waals surface area (Å²) in [5.41, 5.74) is 3.72. The molecule has 1 aromatic rings. The average molecular weight is 231 g/mol. The fourth-order valence-electron chi connectivity index (χ4n) is 1.53. The van der Waals surface area contributed by atoms with Crippen molar-refractivity contribution in [1.82, 2.24) is 10.4 Å². The highest BCUT2D eigenvalue weighted by Crippen LogP contribution is 2.11. The Balaban J connectivity index is 2.12. The summed E-state index contributed by atoms with van der Waals surface area (Å²) >= 11 is 0. The highest BCUT2D eigenvalue weighted by molar-refractivity contribution is 5.91. The van der Waals surface area contributed by atoms with Gasteiger partial charge in [0.05, 0.1) is 18.7 Å². The first-order chi connectivity index (χ1) is 8.19. The van der Waals surface area contributed by atoms with E-state index in [1.54, 1.807) is 23.3 Å². The zero-order valence-corrected chi connectivity index (χ0v) is 8.98. The number of halogens is 1. The third-order valence-corrected chi connectivity index (χ3v) is 2.40. The van der Waals surface area contributed by atoms with Crippen LogP contribution in [-0.4, -0.2) is 17.3 Å². The number of carbonyl (C=O) groups is 1. The van der Waals surface area contributed by atoms with Crippen LogP contribution in [0.2, 0.25) is 0 Å². The fraction of sp³-hybridized carbons (Fsp3) is 0.167. The smallest absolute Gasteiger partial charge is 0.172 e. The van der Waals surface area contributed by atoms with Gasteiger partial charge in [0.2, 0.25) is 0 Å². The second-order valence-corrected chi connectivity index (χ2v) is 3.67. The summed E-state index contributed by atoms with van der Waals surface area (Å²) in [6, 6.07) is 6.18. The predicted molar refractivity (Wildman–Crippen MR) is 58.8 cm³/mol. The van der Waals surface area contributed by atoms with E-state index in [4.69, 9.17) is 5.26 Å². The van der Waals surface area contributed by atoms with E-state index in [0.29, 0.717) is 6.54 Å². The van der Waals surface area contributed by atoms with E-state index in [1.165, 1.54) is 18.2 Å². The largest absolute Gasteiger partial charge is 0.311 e. The Kier molecular flexibility index (Phi) is 3.17. The number of hydrogen-bond acceptors (Lipinski definition) is 4. The van der Waals surface area contributed by atoms with Crippen LogP contribution in [0.1, 0.15) is 11.1 Å². The summed E-state index contributed by atoms with van der Waals surface area (Å²) in [6.07, 6.45) is 3.10. The Morgan fingerprint density at radius 2 is 2.35 bits per heavy atom. The van der Waals surface area contributed by atoms with Gasteiger partial charge < -0.3 is 5.01 Å². The molecule has 0 aliphatic carbocycles. The molecule has 0 aromatic heterocycles. The second kappa shape index (κ2) is 4.76. The van der Waals surface area contributed by atoms with E-state index in [9.17, 15) is 9.18 Å². The van der Waals surface area contributed by atoms with Gasteiger partial charge in [-0.1, -0.05) is 6.07 Å². The molecule has 0 bridgehead atoms. The van der Waals surface area contributed by atoms with Gasteiger partial charge in [0.15, 0.2) is 5.78 Å². The SMILES string of the molecule is N#Cc1cc(CN2C=CC(=O)CN2)ccc1F. The van der Waals surface area contributed by atoms with Gasteiger partial charge in [-0.15, -0.1) is 0 Å². The van der Waals surface area contributed by atoms with Gasteiger partial charge in [-0.2, -0.15) is 5.26 Å². The van der Waals surface area contributed by atoms with Gasteiger partial charge in [0.25, 0.3) is 0 Å². The van der Waals surface area contributed by atoms with Crippen molar-refractivity contribution in [2.24, 2.45) is 0 Å². The molecule has 1 aliphatic rings. The van der Waals surface area contributed by atoms with Gasteiger partial charge in [-0.3, -0.25) is 4.79 Å². The molecule has 1 N–H and O–H groups in total. The van der Waals surface area contributed by atoms with E-state index in [1.807, 2.05) is 0 Å². The van der Waals surface area contributed by atoms with Crippen molar-refractivity contribution in [3.8, 4) is 6.07 Å². The summed E-state index contributed by atoms with van der Waals surface area (Å²) in [5.74, 6) is -0.508. The number of hydrazine groups is 1. The molecule has 0 amide bonds. The third-order valence-electron chi connectivity index (χ3n) is 2.40. The van der Waals surface area contributed by atoms with Crippen LogP contribution in [0.3, 0.4) is 0 Å². The zero-order valence-electron chi connectivity index (χ0n) is 8.98. The molecule has 5 heteroatoms. The second-order valence-electron chi connectivity index (χ2n) is 3.67. The van der Waals surface area contributed by atoms with E-state index in [0.717, 1.165) is 5.56 Å². The molecule has 1 aromatic carbocycles.